The van der Waals surface area contributed by atoms with Gasteiger partial charge in [0.25, 0.3) is 0 Å². The molecular formula is C22H15Cl3N2. The van der Waals surface area contributed by atoms with Gasteiger partial charge in [-0.15, -0.1) is 0 Å². The minimum absolute atomic E-state index is 0.584. The van der Waals surface area contributed by atoms with E-state index in [1.54, 1.807) is 6.07 Å². The average molecular weight is 414 g/mol. The number of rotatable bonds is 4. The van der Waals surface area contributed by atoms with Crippen LogP contribution in [0.15, 0.2) is 66.7 Å². The molecule has 5 heteroatoms. The third-order valence-corrected chi connectivity index (χ3v) is 5.17. The predicted octanol–water partition coefficient (Wildman–Crippen LogP) is 7.22. The molecule has 0 atom stereocenters. The van der Waals surface area contributed by atoms with Crippen LogP contribution in [0.3, 0.4) is 0 Å². The lowest BCUT2D eigenvalue weighted by Gasteiger charge is -2.10. The van der Waals surface area contributed by atoms with E-state index in [1.165, 1.54) is 0 Å². The van der Waals surface area contributed by atoms with Gasteiger partial charge in [-0.05, 0) is 59.7 Å². The van der Waals surface area contributed by atoms with Gasteiger partial charge in [-0.2, -0.15) is 0 Å². The summed E-state index contributed by atoms with van der Waals surface area (Å²) >= 11 is 18.5. The van der Waals surface area contributed by atoms with Crippen molar-refractivity contribution in [3.05, 3.63) is 98.7 Å². The molecule has 0 amide bonds. The van der Waals surface area contributed by atoms with Crippen LogP contribution in [-0.2, 0) is 6.54 Å². The Bertz CT molecular complexity index is 1130. The molecule has 0 N–H and O–H groups in total. The van der Waals surface area contributed by atoms with E-state index in [2.05, 4.69) is 10.6 Å². The predicted molar refractivity (Wildman–Crippen MR) is 116 cm³/mol. The van der Waals surface area contributed by atoms with Gasteiger partial charge in [0.1, 0.15) is 5.82 Å². The standard InChI is InChI=1S/C22H15Cl3N2/c23-17-8-5-15(6-9-17)7-12-22-26-20-3-1-2-4-21(20)27(22)14-16-13-18(24)10-11-19(16)25/h1-13H,14H2/b12-7+. The van der Waals surface area contributed by atoms with Crippen LogP contribution < -0.4 is 0 Å². The molecule has 134 valence electrons. The molecular weight excluding hydrogens is 399 g/mol. The number of para-hydroxylation sites is 2. The Morgan fingerprint density at radius 1 is 0.815 bits per heavy atom. The van der Waals surface area contributed by atoms with Crippen molar-refractivity contribution in [2.45, 2.75) is 6.54 Å². The fourth-order valence-electron chi connectivity index (χ4n) is 2.97. The van der Waals surface area contributed by atoms with Crippen molar-refractivity contribution < 1.29 is 0 Å². The highest BCUT2D eigenvalue weighted by Crippen LogP contribution is 2.25. The molecule has 0 fully saturated rings. The number of fused-ring (bicyclic) bond motifs is 1. The summed E-state index contributed by atoms with van der Waals surface area (Å²) in [6.07, 6.45) is 4.02. The molecule has 0 aliphatic heterocycles. The van der Waals surface area contributed by atoms with Crippen LogP contribution >= 0.6 is 34.8 Å². The highest BCUT2D eigenvalue weighted by molar-refractivity contribution is 6.33. The van der Waals surface area contributed by atoms with E-state index >= 15 is 0 Å². The molecule has 0 radical (unpaired) electrons. The Hall–Kier alpha value is -2.26. The number of aromatic nitrogens is 2. The molecule has 0 aliphatic carbocycles. The fraction of sp³-hybridized carbons (Fsp3) is 0.0455. The van der Waals surface area contributed by atoms with Crippen molar-refractivity contribution in [1.29, 1.82) is 0 Å². The Labute approximate surface area is 172 Å². The minimum atomic E-state index is 0.584. The molecule has 27 heavy (non-hydrogen) atoms. The maximum atomic E-state index is 6.38. The van der Waals surface area contributed by atoms with Crippen molar-refractivity contribution in [3.8, 4) is 0 Å². The first kappa shape index (κ1) is 18.1. The van der Waals surface area contributed by atoms with Crippen LogP contribution in [0.5, 0.6) is 0 Å². The molecule has 0 spiro atoms. The quantitative estimate of drug-likeness (QED) is 0.345. The first-order chi connectivity index (χ1) is 13.1. The topological polar surface area (TPSA) is 17.8 Å². The van der Waals surface area contributed by atoms with E-state index < -0.39 is 0 Å². The summed E-state index contributed by atoms with van der Waals surface area (Å²) in [4.78, 5) is 4.77. The Morgan fingerprint density at radius 3 is 2.37 bits per heavy atom. The van der Waals surface area contributed by atoms with Crippen molar-refractivity contribution >= 4 is 58.0 Å². The number of halogens is 3. The normalized spacial score (nSPS) is 11.5. The Kier molecular flexibility index (Phi) is 5.22. The summed E-state index contributed by atoms with van der Waals surface area (Å²) < 4.78 is 2.14. The van der Waals surface area contributed by atoms with E-state index in [0.29, 0.717) is 16.6 Å². The summed E-state index contributed by atoms with van der Waals surface area (Å²) in [5.74, 6) is 0.849. The molecule has 0 saturated carbocycles. The summed E-state index contributed by atoms with van der Waals surface area (Å²) in [6, 6.07) is 21.2. The number of nitrogens with zero attached hydrogens (tertiary/aromatic N) is 2. The molecule has 2 nitrogen and oxygen atoms in total. The van der Waals surface area contributed by atoms with Crippen molar-refractivity contribution in [3.63, 3.8) is 0 Å². The second-order valence-corrected chi connectivity index (χ2v) is 7.45. The lowest BCUT2D eigenvalue weighted by Crippen LogP contribution is -2.02. The Morgan fingerprint density at radius 2 is 1.56 bits per heavy atom. The molecule has 4 aromatic rings. The molecule has 0 saturated heterocycles. The second kappa shape index (κ2) is 7.77. The Balaban J connectivity index is 1.77. The van der Waals surface area contributed by atoms with Crippen molar-refractivity contribution in [1.82, 2.24) is 9.55 Å². The van der Waals surface area contributed by atoms with E-state index in [4.69, 9.17) is 39.8 Å². The van der Waals surface area contributed by atoms with Gasteiger partial charge in [0.05, 0.1) is 17.6 Å². The van der Waals surface area contributed by atoms with Crippen LogP contribution in [0.2, 0.25) is 15.1 Å². The number of imidazole rings is 1. The van der Waals surface area contributed by atoms with Gasteiger partial charge in [-0.1, -0.05) is 65.1 Å². The third kappa shape index (κ3) is 4.03. The van der Waals surface area contributed by atoms with Gasteiger partial charge < -0.3 is 4.57 Å². The van der Waals surface area contributed by atoms with Crippen LogP contribution in [0, 0.1) is 0 Å². The van der Waals surface area contributed by atoms with Gasteiger partial charge in [0.2, 0.25) is 0 Å². The highest BCUT2D eigenvalue weighted by Gasteiger charge is 2.11. The monoisotopic (exact) mass is 412 g/mol. The zero-order valence-electron chi connectivity index (χ0n) is 14.2. The van der Waals surface area contributed by atoms with Crippen molar-refractivity contribution in [2.75, 3.05) is 0 Å². The number of hydrogen-bond acceptors (Lipinski definition) is 1. The zero-order chi connectivity index (χ0) is 18.8. The first-order valence-corrected chi connectivity index (χ1v) is 9.56. The van der Waals surface area contributed by atoms with E-state index in [0.717, 1.165) is 33.0 Å². The van der Waals surface area contributed by atoms with Crippen LogP contribution in [-0.4, -0.2) is 9.55 Å². The summed E-state index contributed by atoms with van der Waals surface area (Å²) in [6.45, 7) is 0.584. The highest BCUT2D eigenvalue weighted by atomic mass is 35.5. The largest absolute Gasteiger partial charge is 0.320 e. The summed E-state index contributed by atoms with van der Waals surface area (Å²) in [7, 11) is 0. The van der Waals surface area contributed by atoms with Crippen molar-refractivity contribution in [2.24, 2.45) is 0 Å². The third-order valence-electron chi connectivity index (χ3n) is 4.32. The number of benzene rings is 3. The van der Waals surface area contributed by atoms with Gasteiger partial charge in [-0.25, -0.2) is 4.98 Å². The molecule has 0 bridgehead atoms. The van der Waals surface area contributed by atoms with Crippen LogP contribution in [0.4, 0.5) is 0 Å². The van der Waals surface area contributed by atoms with Gasteiger partial charge in [-0.3, -0.25) is 0 Å². The van der Waals surface area contributed by atoms with E-state index in [1.807, 2.05) is 66.7 Å². The zero-order valence-corrected chi connectivity index (χ0v) is 16.5. The molecule has 3 aromatic carbocycles. The van der Waals surface area contributed by atoms with Crippen LogP contribution in [0.1, 0.15) is 17.0 Å². The summed E-state index contributed by atoms with van der Waals surface area (Å²) in [5.41, 5.74) is 3.99. The molecule has 0 aliphatic rings. The van der Waals surface area contributed by atoms with Gasteiger partial charge >= 0.3 is 0 Å². The summed E-state index contributed by atoms with van der Waals surface area (Å²) in [5, 5.41) is 2.07. The lowest BCUT2D eigenvalue weighted by atomic mass is 10.2. The van der Waals surface area contributed by atoms with Gasteiger partial charge in [0.15, 0.2) is 0 Å². The van der Waals surface area contributed by atoms with Crippen LogP contribution in [0.25, 0.3) is 23.2 Å². The molecule has 4 rings (SSSR count). The van der Waals surface area contributed by atoms with Gasteiger partial charge in [0, 0.05) is 15.1 Å². The molecule has 1 heterocycles. The number of hydrogen-bond donors (Lipinski definition) is 0. The molecule has 1 aromatic heterocycles. The minimum Gasteiger partial charge on any atom is -0.320 e. The SMILES string of the molecule is Clc1ccc(/C=C/c2nc3ccccc3n2Cc2cc(Cl)ccc2Cl)cc1. The smallest absolute Gasteiger partial charge is 0.134 e. The van der Waals surface area contributed by atoms with E-state index in [9.17, 15) is 0 Å². The maximum Gasteiger partial charge on any atom is 0.134 e. The fourth-order valence-corrected chi connectivity index (χ4v) is 3.47. The second-order valence-electron chi connectivity index (χ2n) is 6.17. The average Bonchev–Trinajstić information content (AvgIpc) is 3.02. The molecule has 0 unspecified atom stereocenters. The van der Waals surface area contributed by atoms with E-state index in [-0.39, 0.29) is 0 Å². The first-order valence-electron chi connectivity index (χ1n) is 8.43. The maximum absolute atomic E-state index is 6.38. The lowest BCUT2D eigenvalue weighted by molar-refractivity contribution is 0.814.